The second-order valence-corrected chi connectivity index (χ2v) is 4.27. The molecular formula is C13H14Cl2N2O2. The summed E-state index contributed by atoms with van der Waals surface area (Å²) in [7, 11) is 0. The van der Waals surface area contributed by atoms with Gasteiger partial charge in [-0.1, -0.05) is 36.0 Å². The van der Waals surface area contributed by atoms with Crippen LogP contribution in [0.4, 0.5) is 5.69 Å². The predicted molar refractivity (Wildman–Crippen MR) is 78.3 cm³/mol. The van der Waals surface area contributed by atoms with Crippen LogP contribution in [0.3, 0.4) is 0 Å². The minimum absolute atomic E-state index is 0.106. The summed E-state index contributed by atoms with van der Waals surface area (Å²) in [6.07, 6.45) is 7.44. The zero-order valence-corrected chi connectivity index (χ0v) is 12.0. The molecule has 1 aromatic rings. The molecule has 0 spiro atoms. The first-order valence-electron chi connectivity index (χ1n) is 5.64. The van der Waals surface area contributed by atoms with Crippen molar-refractivity contribution < 1.29 is 9.57 Å². The summed E-state index contributed by atoms with van der Waals surface area (Å²) in [6.45, 7) is 2.72. The Balaban J connectivity index is 2.69. The third-order valence-electron chi connectivity index (χ3n) is 1.94. The summed E-state index contributed by atoms with van der Waals surface area (Å²) < 4.78 is 5.24. The lowest BCUT2D eigenvalue weighted by Gasteiger charge is -2.08. The van der Waals surface area contributed by atoms with E-state index >= 15 is 0 Å². The third kappa shape index (κ3) is 5.39. The first-order chi connectivity index (χ1) is 9.19. The number of rotatable bonds is 7. The Morgan fingerprint density at radius 3 is 2.68 bits per heavy atom. The highest BCUT2D eigenvalue weighted by atomic mass is 35.5. The molecule has 0 aliphatic heterocycles. The summed E-state index contributed by atoms with van der Waals surface area (Å²) in [5, 5.41) is 0.703. The van der Waals surface area contributed by atoms with Crippen molar-refractivity contribution in [1.82, 2.24) is 5.48 Å². The molecule has 0 fully saturated rings. The monoisotopic (exact) mass is 300 g/mol. The number of hydroxylamine groups is 1. The summed E-state index contributed by atoms with van der Waals surface area (Å²) in [5.41, 5.74) is 3.17. The van der Waals surface area contributed by atoms with E-state index in [0.29, 0.717) is 28.1 Å². The topological polar surface area (TPSA) is 42.8 Å². The van der Waals surface area contributed by atoms with Crippen molar-refractivity contribution in [3.63, 3.8) is 0 Å². The van der Waals surface area contributed by atoms with Gasteiger partial charge in [0.1, 0.15) is 12.9 Å². The van der Waals surface area contributed by atoms with Gasteiger partial charge in [-0.25, -0.2) is 4.99 Å². The van der Waals surface area contributed by atoms with Gasteiger partial charge in [0.25, 0.3) is 0 Å². The minimum Gasteiger partial charge on any atom is -0.478 e. The molecule has 0 aliphatic carbocycles. The number of ether oxygens (including phenoxy) is 1. The number of aliphatic imine (C=N–C) groups is 1. The van der Waals surface area contributed by atoms with Crippen LogP contribution in [0.25, 0.3) is 0 Å². The zero-order valence-electron chi connectivity index (χ0n) is 10.5. The van der Waals surface area contributed by atoms with Crippen LogP contribution in [0.1, 0.15) is 13.3 Å². The number of benzene rings is 1. The predicted octanol–water partition coefficient (Wildman–Crippen LogP) is 3.60. The van der Waals surface area contributed by atoms with Gasteiger partial charge in [0.05, 0.1) is 22.3 Å². The molecule has 102 valence electrons. The Labute approximate surface area is 122 Å². The number of hydrogen-bond donors (Lipinski definition) is 1. The molecule has 1 N–H and O–H groups in total. The van der Waals surface area contributed by atoms with Crippen molar-refractivity contribution in [3.05, 3.63) is 22.2 Å². The van der Waals surface area contributed by atoms with Crippen LogP contribution in [0, 0.1) is 12.3 Å². The number of terminal acetylenes is 1. The molecular weight excluding hydrogens is 287 g/mol. The van der Waals surface area contributed by atoms with Gasteiger partial charge >= 0.3 is 0 Å². The first-order valence-corrected chi connectivity index (χ1v) is 6.39. The molecule has 0 saturated heterocycles. The molecule has 0 amide bonds. The Kier molecular flexibility index (Phi) is 7.12. The Morgan fingerprint density at radius 1 is 1.42 bits per heavy atom. The maximum Gasteiger partial charge on any atom is 0.158 e. The average molecular weight is 301 g/mol. The van der Waals surface area contributed by atoms with E-state index < -0.39 is 0 Å². The van der Waals surface area contributed by atoms with Gasteiger partial charge in [0.2, 0.25) is 0 Å². The summed E-state index contributed by atoms with van der Waals surface area (Å²) in [4.78, 5) is 9.12. The van der Waals surface area contributed by atoms with Crippen LogP contribution >= 0.6 is 23.2 Å². The van der Waals surface area contributed by atoms with Crippen LogP contribution in [-0.2, 0) is 4.84 Å². The van der Waals surface area contributed by atoms with Gasteiger partial charge in [0, 0.05) is 0 Å². The highest BCUT2D eigenvalue weighted by Gasteiger charge is 2.08. The fourth-order valence-electron chi connectivity index (χ4n) is 1.17. The molecule has 0 saturated carbocycles. The quantitative estimate of drug-likeness (QED) is 0.275. The molecule has 0 aliphatic rings. The number of nitrogens with one attached hydrogen (secondary N) is 1. The van der Waals surface area contributed by atoms with Crippen LogP contribution in [0.5, 0.6) is 5.75 Å². The van der Waals surface area contributed by atoms with E-state index in [4.69, 9.17) is 39.2 Å². The number of nitrogens with zero attached hydrogens (tertiary/aromatic N) is 1. The Bertz CT molecular complexity index is 461. The van der Waals surface area contributed by atoms with Gasteiger partial charge in [-0.05, 0) is 18.6 Å². The summed E-state index contributed by atoms with van der Waals surface area (Å²) >= 11 is 12.1. The van der Waals surface area contributed by atoms with Gasteiger partial charge in [-0.15, -0.1) is 6.42 Å². The van der Waals surface area contributed by atoms with Crippen molar-refractivity contribution in [1.29, 1.82) is 0 Å². The first kappa shape index (κ1) is 15.6. The average Bonchev–Trinajstić information content (AvgIpc) is 2.38. The van der Waals surface area contributed by atoms with E-state index in [1.54, 1.807) is 12.1 Å². The van der Waals surface area contributed by atoms with Crippen molar-refractivity contribution in [3.8, 4) is 18.1 Å². The highest BCUT2D eigenvalue weighted by Crippen LogP contribution is 2.36. The van der Waals surface area contributed by atoms with Crippen molar-refractivity contribution in [2.45, 2.75) is 13.3 Å². The maximum atomic E-state index is 6.03. The summed E-state index contributed by atoms with van der Waals surface area (Å²) in [5.74, 6) is 2.70. The Hall–Kier alpha value is -1.41. The van der Waals surface area contributed by atoms with E-state index in [-0.39, 0.29) is 6.61 Å². The second kappa shape index (κ2) is 8.65. The highest BCUT2D eigenvalue weighted by molar-refractivity contribution is 6.37. The van der Waals surface area contributed by atoms with Crippen LogP contribution < -0.4 is 10.2 Å². The van der Waals surface area contributed by atoms with Crippen LogP contribution in [-0.4, -0.2) is 19.6 Å². The summed E-state index contributed by atoms with van der Waals surface area (Å²) in [6, 6.07) is 3.24. The van der Waals surface area contributed by atoms with E-state index in [0.717, 1.165) is 6.42 Å². The van der Waals surface area contributed by atoms with Crippen LogP contribution in [0.2, 0.25) is 10.0 Å². The minimum atomic E-state index is 0.106. The van der Waals surface area contributed by atoms with Gasteiger partial charge < -0.3 is 4.74 Å². The lowest BCUT2D eigenvalue weighted by Crippen LogP contribution is -2.12. The molecule has 1 rings (SSSR count). The molecule has 1 aromatic carbocycles. The van der Waals surface area contributed by atoms with Crippen molar-refractivity contribution in [2.75, 3.05) is 13.2 Å². The maximum absolute atomic E-state index is 6.03. The van der Waals surface area contributed by atoms with E-state index in [2.05, 4.69) is 16.4 Å². The third-order valence-corrected chi connectivity index (χ3v) is 2.50. The molecule has 6 heteroatoms. The molecule has 0 aromatic heterocycles. The number of halogens is 2. The fourth-order valence-corrected chi connectivity index (χ4v) is 1.76. The Morgan fingerprint density at radius 2 is 2.11 bits per heavy atom. The molecule has 0 bridgehead atoms. The van der Waals surface area contributed by atoms with E-state index in [1.807, 2.05) is 6.92 Å². The van der Waals surface area contributed by atoms with Gasteiger partial charge in [-0.2, -0.15) is 0 Å². The fraction of sp³-hybridized carbons (Fsp3) is 0.308. The molecule has 0 unspecified atom stereocenters. The molecule has 0 heterocycles. The molecule has 19 heavy (non-hydrogen) atoms. The van der Waals surface area contributed by atoms with Crippen LogP contribution in [0.15, 0.2) is 17.1 Å². The lowest BCUT2D eigenvalue weighted by molar-refractivity contribution is 0.0890. The molecule has 0 radical (unpaired) electrons. The van der Waals surface area contributed by atoms with E-state index in [1.165, 1.54) is 6.34 Å². The SMILES string of the molecule is C#CCOc1c(Cl)cc(N=CNOCCC)cc1Cl. The van der Waals surface area contributed by atoms with E-state index in [9.17, 15) is 0 Å². The molecule has 4 nitrogen and oxygen atoms in total. The van der Waals surface area contributed by atoms with Gasteiger partial charge in [-0.3, -0.25) is 10.3 Å². The lowest BCUT2D eigenvalue weighted by atomic mass is 10.3. The smallest absolute Gasteiger partial charge is 0.158 e. The molecule has 0 atom stereocenters. The van der Waals surface area contributed by atoms with Crippen molar-refractivity contribution in [2.24, 2.45) is 4.99 Å². The standard InChI is InChI=1S/C13H14Cl2N2O2/c1-3-5-18-13-11(14)7-10(8-12(13)15)16-9-17-19-6-4-2/h1,7-9H,4-6H2,2H3,(H,16,17). The normalized spacial score (nSPS) is 10.4. The number of hydrogen-bond acceptors (Lipinski definition) is 3. The second-order valence-electron chi connectivity index (χ2n) is 3.46. The van der Waals surface area contributed by atoms with Gasteiger partial charge in [0.15, 0.2) is 5.75 Å². The largest absolute Gasteiger partial charge is 0.478 e. The van der Waals surface area contributed by atoms with Crippen molar-refractivity contribution >= 4 is 35.2 Å². The zero-order chi connectivity index (χ0) is 14.1.